The van der Waals surface area contributed by atoms with Gasteiger partial charge < -0.3 is 10.4 Å². The van der Waals surface area contributed by atoms with Gasteiger partial charge in [-0.1, -0.05) is 6.92 Å². The van der Waals surface area contributed by atoms with Crippen LogP contribution in [0.2, 0.25) is 0 Å². The number of aromatic nitrogens is 3. The van der Waals surface area contributed by atoms with Crippen LogP contribution in [0, 0.1) is 0 Å². The van der Waals surface area contributed by atoms with Crippen molar-refractivity contribution in [1.82, 2.24) is 15.0 Å². The normalized spacial score (nSPS) is 12.3. The first-order chi connectivity index (χ1) is 8.20. The number of rotatable bonds is 4. The molecule has 2 N–H and O–H groups in total. The van der Waals surface area contributed by atoms with E-state index in [1.807, 2.05) is 0 Å². The molecule has 6 nitrogen and oxygen atoms in total. The molecule has 2 heterocycles. The van der Waals surface area contributed by atoms with Gasteiger partial charge in [0, 0.05) is 12.4 Å². The maximum absolute atomic E-state index is 10.9. The summed E-state index contributed by atoms with van der Waals surface area (Å²) in [5.74, 6) is -0.402. The number of hydrogen-bond donors (Lipinski definition) is 2. The van der Waals surface area contributed by atoms with E-state index >= 15 is 0 Å². The third-order valence-corrected chi connectivity index (χ3v) is 2.36. The van der Waals surface area contributed by atoms with Gasteiger partial charge in [0.15, 0.2) is 5.65 Å². The molecule has 2 rings (SSSR count). The van der Waals surface area contributed by atoms with Crippen molar-refractivity contribution in [3.8, 4) is 0 Å². The lowest BCUT2D eigenvalue weighted by Gasteiger charge is -2.12. The van der Waals surface area contributed by atoms with Crippen molar-refractivity contribution in [2.45, 2.75) is 19.4 Å². The molecule has 1 unspecified atom stereocenters. The molecule has 0 aliphatic heterocycles. The number of carboxylic acid groups (broad SMARTS) is 1. The monoisotopic (exact) mass is 232 g/mol. The number of aliphatic carboxylic acids is 1. The molecule has 0 bridgehead atoms. The van der Waals surface area contributed by atoms with E-state index in [-0.39, 0.29) is 0 Å². The Morgan fingerprint density at radius 3 is 2.88 bits per heavy atom. The number of anilines is 1. The molecule has 0 radical (unpaired) electrons. The molecule has 0 spiro atoms. The zero-order valence-corrected chi connectivity index (χ0v) is 9.29. The zero-order valence-electron chi connectivity index (χ0n) is 9.29. The summed E-state index contributed by atoms with van der Waals surface area (Å²) in [6.07, 6.45) is 3.62. The quantitative estimate of drug-likeness (QED) is 0.826. The van der Waals surface area contributed by atoms with E-state index in [2.05, 4.69) is 20.3 Å². The molecule has 0 aliphatic carbocycles. The minimum atomic E-state index is -0.895. The number of nitrogens with one attached hydrogen (secondary N) is 1. The summed E-state index contributed by atoms with van der Waals surface area (Å²) in [7, 11) is 0. The summed E-state index contributed by atoms with van der Waals surface area (Å²) in [6, 6.07) is 2.81. The molecule has 17 heavy (non-hydrogen) atoms. The number of carboxylic acids is 1. The number of pyridine rings is 1. The van der Waals surface area contributed by atoms with Gasteiger partial charge in [0.1, 0.15) is 17.4 Å². The first kappa shape index (κ1) is 11.3. The summed E-state index contributed by atoms with van der Waals surface area (Å²) in [5, 5.41) is 11.8. The predicted octanol–water partition coefficient (Wildman–Crippen LogP) is 1.30. The molecule has 1 atom stereocenters. The van der Waals surface area contributed by atoms with Gasteiger partial charge in [-0.25, -0.2) is 14.8 Å². The first-order valence-electron chi connectivity index (χ1n) is 5.28. The lowest BCUT2D eigenvalue weighted by atomic mass is 10.2. The lowest BCUT2D eigenvalue weighted by Crippen LogP contribution is -2.28. The average molecular weight is 232 g/mol. The zero-order chi connectivity index (χ0) is 12.3. The Balaban J connectivity index is 2.27. The van der Waals surface area contributed by atoms with Gasteiger partial charge in [-0.05, 0) is 18.6 Å². The number of nitrogens with zero attached hydrogens (tertiary/aromatic N) is 3. The predicted molar refractivity (Wildman–Crippen MR) is 62.7 cm³/mol. The van der Waals surface area contributed by atoms with Crippen molar-refractivity contribution in [3.63, 3.8) is 0 Å². The van der Waals surface area contributed by atoms with E-state index in [9.17, 15) is 4.79 Å². The van der Waals surface area contributed by atoms with Gasteiger partial charge in [0.25, 0.3) is 0 Å². The van der Waals surface area contributed by atoms with E-state index in [0.717, 1.165) is 0 Å². The van der Waals surface area contributed by atoms with Crippen molar-refractivity contribution < 1.29 is 9.90 Å². The SMILES string of the molecule is CCC(Nc1ccc2nccnc2n1)C(=O)O. The van der Waals surface area contributed by atoms with Crippen LogP contribution in [0.5, 0.6) is 0 Å². The summed E-state index contributed by atoms with van der Waals surface area (Å²) < 4.78 is 0. The van der Waals surface area contributed by atoms with Crippen LogP contribution in [0.15, 0.2) is 24.5 Å². The third kappa shape index (κ3) is 2.47. The molecular weight excluding hydrogens is 220 g/mol. The second kappa shape index (κ2) is 4.73. The van der Waals surface area contributed by atoms with E-state index < -0.39 is 12.0 Å². The highest BCUT2D eigenvalue weighted by Crippen LogP contribution is 2.11. The number of fused-ring (bicyclic) bond motifs is 1. The number of carbonyl (C=O) groups is 1. The molecule has 0 amide bonds. The summed E-state index contributed by atoms with van der Waals surface area (Å²) in [5.41, 5.74) is 1.18. The summed E-state index contributed by atoms with van der Waals surface area (Å²) in [4.78, 5) is 23.2. The third-order valence-electron chi connectivity index (χ3n) is 2.36. The van der Waals surface area contributed by atoms with Gasteiger partial charge >= 0.3 is 5.97 Å². The molecule has 2 aromatic rings. The molecule has 2 aromatic heterocycles. The highest BCUT2D eigenvalue weighted by Gasteiger charge is 2.14. The molecule has 6 heteroatoms. The van der Waals surface area contributed by atoms with E-state index in [1.165, 1.54) is 0 Å². The highest BCUT2D eigenvalue weighted by atomic mass is 16.4. The molecule has 88 valence electrons. The molecule has 0 aromatic carbocycles. The lowest BCUT2D eigenvalue weighted by molar-refractivity contribution is -0.137. The van der Waals surface area contributed by atoms with Crippen molar-refractivity contribution in [1.29, 1.82) is 0 Å². The maximum Gasteiger partial charge on any atom is 0.326 e. The summed E-state index contributed by atoms with van der Waals surface area (Å²) >= 11 is 0. The van der Waals surface area contributed by atoms with Crippen LogP contribution < -0.4 is 5.32 Å². The Kier molecular flexibility index (Phi) is 3.13. The fourth-order valence-electron chi connectivity index (χ4n) is 1.45. The molecule has 0 fully saturated rings. The maximum atomic E-state index is 10.9. The van der Waals surface area contributed by atoms with E-state index in [4.69, 9.17) is 5.11 Å². The largest absolute Gasteiger partial charge is 0.480 e. The van der Waals surface area contributed by atoms with Crippen LogP contribution in [-0.4, -0.2) is 32.1 Å². The van der Waals surface area contributed by atoms with Gasteiger partial charge in [-0.15, -0.1) is 0 Å². The van der Waals surface area contributed by atoms with Crippen LogP contribution in [0.3, 0.4) is 0 Å². The van der Waals surface area contributed by atoms with Crippen LogP contribution >= 0.6 is 0 Å². The van der Waals surface area contributed by atoms with Crippen molar-refractivity contribution in [2.24, 2.45) is 0 Å². The standard InChI is InChI=1S/C11H12N4O2/c1-2-7(11(16)17)14-9-4-3-8-10(15-9)13-6-5-12-8/h3-7H,2H2,1H3,(H,16,17)(H,13,14,15). The Morgan fingerprint density at radius 1 is 1.41 bits per heavy atom. The Labute approximate surface area is 97.7 Å². The molecular formula is C11H12N4O2. The highest BCUT2D eigenvalue weighted by molar-refractivity contribution is 5.78. The summed E-state index contributed by atoms with van der Waals surface area (Å²) in [6.45, 7) is 1.80. The fraction of sp³-hybridized carbons (Fsp3) is 0.273. The first-order valence-corrected chi connectivity index (χ1v) is 5.28. The average Bonchev–Trinajstić information content (AvgIpc) is 2.35. The molecule has 0 saturated carbocycles. The van der Waals surface area contributed by atoms with Gasteiger partial charge in [0.05, 0.1) is 0 Å². The minimum absolute atomic E-state index is 0.482. The van der Waals surface area contributed by atoms with E-state index in [0.29, 0.717) is 23.4 Å². The van der Waals surface area contributed by atoms with Gasteiger partial charge in [-0.2, -0.15) is 0 Å². The van der Waals surface area contributed by atoms with Crippen LogP contribution in [0.4, 0.5) is 5.82 Å². The Bertz CT molecular complexity index is 544. The van der Waals surface area contributed by atoms with Crippen LogP contribution in [-0.2, 0) is 4.79 Å². The fourth-order valence-corrected chi connectivity index (χ4v) is 1.45. The molecule has 0 saturated heterocycles. The van der Waals surface area contributed by atoms with Crippen molar-refractivity contribution >= 4 is 23.0 Å². The van der Waals surface area contributed by atoms with Gasteiger partial charge in [-0.3, -0.25) is 4.98 Å². The van der Waals surface area contributed by atoms with Gasteiger partial charge in [0.2, 0.25) is 0 Å². The smallest absolute Gasteiger partial charge is 0.326 e. The second-order valence-corrected chi connectivity index (χ2v) is 3.54. The van der Waals surface area contributed by atoms with Crippen LogP contribution in [0.25, 0.3) is 11.2 Å². The number of hydrogen-bond acceptors (Lipinski definition) is 5. The minimum Gasteiger partial charge on any atom is -0.480 e. The van der Waals surface area contributed by atoms with E-state index in [1.54, 1.807) is 31.5 Å². The van der Waals surface area contributed by atoms with Crippen LogP contribution in [0.1, 0.15) is 13.3 Å². The second-order valence-electron chi connectivity index (χ2n) is 3.54. The van der Waals surface area contributed by atoms with Crippen molar-refractivity contribution in [3.05, 3.63) is 24.5 Å². The Morgan fingerprint density at radius 2 is 2.18 bits per heavy atom. The Hall–Kier alpha value is -2.24. The van der Waals surface area contributed by atoms with Crippen molar-refractivity contribution in [2.75, 3.05) is 5.32 Å². The topological polar surface area (TPSA) is 88.0 Å². The molecule has 0 aliphatic rings.